The average molecular weight is 314 g/mol. The highest BCUT2D eigenvalue weighted by atomic mass is 32.2. The minimum absolute atomic E-state index is 0.138. The molecule has 1 fully saturated rings. The van der Waals surface area contributed by atoms with Crippen LogP contribution in [0.4, 0.5) is 0 Å². The van der Waals surface area contributed by atoms with Gasteiger partial charge in [0.05, 0.1) is 0 Å². The van der Waals surface area contributed by atoms with Crippen molar-refractivity contribution in [2.45, 2.75) is 51.1 Å². The molecule has 1 aromatic rings. The summed E-state index contributed by atoms with van der Waals surface area (Å²) in [6.45, 7) is 7.26. The third kappa shape index (κ3) is 4.52. The number of imidazole rings is 1. The Balaban J connectivity index is 1.90. The first-order chi connectivity index (χ1) is 10.0. The second kappa shape index (κ2) is 7.38. The van der Waals surface area contributed by atoms with Crippen LogP contribution in [0.2, 0.25) is 0 Å². The average Bonchev–Trinajstić information content (AvgIpc) is 2.83. The van der Waals surface area contributed by atoms with Crippen molar-refractivity contribution in [1.82, 2.24) is 19.6 Å². The van der Waals surface area contributed by atoms with Gasteiger partial charge in [0.2, 0.25) is 0 Å². The van der Waals surface area contributed by atoms with Gasteiger partial charge in [-0.15, -0.1) is 0 Å². The standard InChI is InChI=1S/C14H26N4O2S/c1-3-10-18-11-14(17-12(18)2)21(19,20)16-9-6-13-4-7-15-8-5-13/h11,13,15-16H,3-10H2,1-2H3. The van der Waals surface area contributed by atoms with Gasteiger partial charge in [-0.2, -0.15) is 0 Å². The first-order valence-electron chi connectivity index (χ1n) is 7.77. The predicted octanol–water partition coefficient (Wildman–Crippen LogP) is 1.27. The fourth-order valence-electron chi connectivity index (χ4n) is 2.72. The number of aromatic nitrogens is 2. The Labute approximate surface area is 127 Å². The van der Waals surface area contributed by atoms with E-state index in [0.717, 1.165) is 51.1 Å². The minimum Gasteiger partial charge on any atom is -0.334 e. The lowest BCUT2D eigenvalue weighted by Gasteiger charge is -2.22. The number of aryl methyl sites for hydroxylation is 2. The van der Waals surface area contributed by atoms with Crippen molar-refractivity contribution < 1.29 is 8.42 Å². The number of sulfonamides is 1. The third-order valence-corrected chi connectivity index (χ3v) is 5.33. The molecule has 1 aliphatic rings. The van der Waals surface area contributed by atoms with Crippen LogP contribution in [-0.2, 0) is 16.6 Å². The van der Waals surface area contributed by atoms with Crippen molar-refractivity contribution in [3.63, 3.8) is 0 Å². The van der Waals surface area contributed by atoms with E-state index in [-0.39, 0.29) is 5.03 Å². The van der Waals surface area contributed by atoms with Crippen LogP contribution >= 0.6 is 0 Å². The Kier molecular flexibility index (Phi) is 5.78. The Morgan fingerprint density at radius 2 is 2.14 bits per heavy atom. The third-order valence-electron chi connectivity index (χ3n) is 4.00. The first-order valence-corrected chi connectivity index (χ1v) is 9.25. The largest absolute Gasteiger partial charge is 0.334 e. The predicted molar refractivity (Wildman–Crippen MR) is 82.7 cm³/mol. The van der Waals surface area contributed by atoms with Gasteiger partial charge in [-0.25, -0.2) is 18.1 Å². The number of rotatable bonds is 7. The fourth-order valence-corrected chi connectivity index (χ4v) is 3.77. The smallest absolute Gasteiger partial charge is 0.259 e. The molecule has 0 amide bonds. The van der Waals surface area contributed by atoms with E-state index in [2.05, 4.69) is 21.9 Å². The molecule has 120 valence electrons. The van der Waals surface area contributed by atoms with Gasteiger partial charge in [-0.3, -0.25) is 0 Å². The van der Waals surface area contributed by atoms with Gasteiger partial charge >= 0.3 is 0 Å². The lowest BCUT2D eigenvalue weighted by Crippen LogP contribution is -2.31. The van der Waals surface area contributed by atoms with Crippen molar-refractivity contribution >= 4 is 10.0 Å². The van der Waals surface area contributed by atoms with Crippen molar-refractivity contribution in [3.8, 4) is 0 Å². The molecule has 6 nitrogen and oxygen atoms in total. The van der Waals surface area contributed by atoms with Crippen molar-refractivity contribution in [1.29, 1.82) is 0 Å². The normalized spacial score (nSPS) is 17.2. The van der Waals surface area contributed by atoms with Gasteiger partial charge in [0.15, 0.2) is 5.03 Å². The zero-order valence-electron chi connectivity index (χ0n) is 12.9. The molecule has 0 atom stereocenters. The molecule has 0 bridgehead atoms. The van der Waals surface area contributed by atoms with E-state index in [9.17, 15) is 8.42 Å². The number of hydrogen-bond acceptors (Lipinski definition) is 4. The highest BCUT2D eigenvalue weighted by Gasteiger charge is 2.20. The Morgan fingerprint density at radius 1 is 1.43 bits per heavy atom. The van der Waals surface area contributed by atoms with Crippen LogP contribution < -0.4 is 10.0 Å². The summed E-state index contributed by atoms with van der Waals surface area (Å²) in [7, 11) is -3.48. The quantitative estimate of drug-likeness (QED) is 0.795. The summed E-state index contributed by atoms with van der Waals surface area (Å²) in [5.74, 6) is 1.36. The fraction of sp³-hybridized carbons (Fsp3) is 0.786. The van der Waals surface area contributed by atoms with Gasteiger partial charge in [-0.05, 0) is 51.6 Å². The van der Waals surface area contributed by atoms with Crippen molar-refractivity contribution in [2.24, 2.45) is 5.92 Å². The number of hydrogen-bond donors (Lipinski definition) is 2. The summed E-state index contributed by atoms with van der Waals surface area (Å²) in [6, 6.07) is 0. The minimum atomic E-state index is -3.48. The molecule has 0 saturated carbocycles. The van der Waals surface area contributed by atoms with E-state index in [1.54, 1.807) is 6.20 Å². The zero-order valence-corrected chi connectivity index (χ0v) is 13.7. The van der Waals surface area contributed by atoms with Crippen LogP contribution in [0.25, 0.3) is 0 Å². The molecule has 1 saturated heterocycles. The molecule has 0 radical (unpaired) electrons. The van der Waals surface area contributed by atoms with Crippen LogP contribution in [-0.4, -0.2) is 37.6 Å². The molecule has 0 unspecified atom stereocenters. The Bertz CT molecular complexity index is 547. The van der Waals surface area contributed by atoms with Gasteiger partial charge in [0.1, 0.15) is 5.82 Å². The molecule has 1 aliphatic heterocycles. The number of nitrogens with zero attached hydrogens (tertiary/aromatic N) is 2. The van der Waals surface area contributed by atoms with Crippen LogP contribution in [0.3, 0.4) is 0 Å². The molecule has 0 aliphatic carbocycles. The Morgan fingerprint density at radius 3 is 2.81 bits per heavy atom. The summed E-state index contributed by atoms with van der Waals surface area (Å²) in [6.07, 6.45) is 5.75. The number of nitrogens with one attached hydrogen (secondary N) is 2. The van der Waals surface area contributed by atoms with Crippen molar-refractivity contribution in [2.75, 3.05) is 19.6 Å². The van der Waals surface area contributed by atoms with E-state index in [1.807, 2.05) is 11.5 Å². The lowest BCUT2D eigenvalue weighted by atomic mass is 9.95. The van der Waals surface area contributed by atoms with E-state index in [1.165, 1.54) is 0 Å². The van der Waals surface area contributed by atoms with Crippen LogP contribution in [0.1, 0.15) is 38.4 Å². The second-order valence-corrected chi connectivity index (χ2v) is 7.41. The molecule has 2 heterocycles. The van der Waals surface area contributed by atoms with Gasteiger partial charge in [-0.1, -0.05) is 6.92 Å². The molecule has 7 heteroatoms. The summed E-state index contributed by atoms with van der Waals surface area (Å²) < 4.78 is 29.1. The monoisotopic (exact) mass is 314 g/mol. The van der Waals surface area contributed by atoms with Gasteiger partial charge in [0, 0.05) is 19.3 Å². The van der Waals surface area contributed by atoms with Crippen LogP contribution in [0.15, 0.2) is 11.2 Å². The topological polar surface area (TPSA) is 76.0 Å². The maximum absolute atomic E-state index is 12.2. The summed E-state index contributed by atoms with van der Waals surface area (Å²) >= 11 is 0. The van der Waals surface area contributed by atoms with E-state index in [4.69, 9.17) is 0 Å². The van der Waals surface area contributed by atoms with E-state index < -0.39 is 10.0 Å². The molecule has 0 spiro atoms. The van der Waals surface area contributed by atoms with Gasteiger partial charge < -0.3 is 9.88 Å². The maximum atomic E-state index is 12.2. The van der Waals surface area contributed by atoms with E-state index >= 15 is 0 Å². The van der Waals surface area contributed by atoms with Crippen LogP contribution in [0.5, 0.6) is 0 Å². The zero-order chi connectivity index (χ0) is 15.3. The molecule has 21 heavy (non-hydrogen) atoms. The summed E-state index contributed by atoms with van der Waals surface area (Å²) in [5.41, 5.74) is 0. The summed E-state index contributed by atoms with van der Waals surface area (Å²) in [4.78, 5) is 4.17. The van der Waals surface area contributed by atoms with Crippen molar-refractivity contribution in [3.05, 3.63) is 12.0 Å². The van der Waals surface area contributed by atoms with E-state index in [0.29, 0.717) is 12.5 Å². The maximum Gasteiger partial charge on any atom is 0.259 e. The lowest BCUT2D eigenvalue weighted by molar-refractivity contribution is 0.354. The molecule has 2 rings (SSSR count). The molecular formula is C14H26N4O2S. The second-order valence-electron chi connectivity index (χ2n) is 5.70. The highest BCUT2D eigenvalue weighted by Crippen LogP contribution is 2.16. The molecule has 2 N–H and O–H groups in total. The molecule has 0 aromatic carbocycles. The highest BCUT2D eigenvalue weighted by molar-refractivity contribution is 7.89. The molecular weight excluding hydrogens is 288 g/mol. The number of piperidine rings is 1. The van der Waals surface area contributed by atoms with Crippen LogP contribution in [0, 0.1) is 12.8 Å². The first kappa shape index (κ1) is 16.5. The summed E-state index contributed by atoms with van der Waals surface area (Å²) in [5, 5.41) is 3.45. The molecule has 1 aromatic heterocycles. The SMILES string of the molecule is CCCn1cc(S(=O)(=O)NCCC2CCNCC2)nc1C. The Hall–Kier alpha value is -0.920. The van der Waals surface area contributed by atoms with Gasteiger partial charge in [0.25, 0.3) is 10.0 Å².